The molecular weight excluding hydrogens is 346 g/mol. The maximum absolute atomic E-state index is 5.69. The van der Waals surface area contributed by atoms with E-state index in [1.807, 2.05) is 61.5 Å². The summed E-state index contributed by atoms with van der Waals surface area (Å²) in [6.45, 7) is 2.03. The lowest BCUT2D eigenvalue weighted by atomic mass is 9.99. The first-order valence-corrected chi connectivity index (χ1v) is 9.33. The van der Waals surface area contributed by atoms with Gasteiger partial charge in [0.2, 0.25) is 5.88 Å². The van der Waals surface area contributed by atoms with Crippen LogP contribution in [0, 0.1) is 6.92 Å². The Bertz CT molecular complexity index is 988. The molecule has 3 aromatic carbocycles. The predicted octanol–water partition coefficient (Wildman–Crippen LogP) is 5.20. The van der Waals surface area contributed by atoms with E-state index in [4.69, 9.17) is 9.84 Å². The van der Waals surface area contributed by atoms with E-state index in [0.29, 0.717) is 5.88 Å². The molecule has 0 atom stereocenters. The standard InChI is InChI=1S/C24H23N3O/c1-18-22(19-12-6-3-7-13-19)25-27(24(18)28-2)26-23(20-14-8-4-9-15-20)21-16-10-5-11-17-21/h3-17,23,26H,1-2H3. The Kier molecular flexibility index (Phi) is 5.11. The highest BCUT2D eigenvalue weighted by Gasteiger charge is 2.20. The van der Waals surface area contributed by atoms with Crippen LogP contribution >= 0.6 is 0 Å². The monoisotopic (exact) mass is 369 g/mol. The van der Waals surface area contributed by atoms with Gasteiger partial charge in [-0.2, -0.15) is 0 Å². The first-order valence-electron chi connectivity index (χ1n) is 9.33. The van der Waals surface area contributed by atoms with Gasteiger partial charge in [0.1, 0.15) is 5.69 Å². The molecule has 28 heavy (non-hydrogen) atoms. The third kappa shape index (κ3) is 3.49. The van der Waals surface area contributed by atoms with Crippen LogP contribution in [0.25, 0.3) is 11.3 Å². The van der Waals surface area contributed by atoms with Gasteiger partial charge in [0.05, 0.1) is 13.2 Å². The summed E-state index contributed by atoms with van der Waals surface area (Å²) in [4.78, 5) is 1.75. The molecule has 4 nitrogen and oxygen atoms in total. The third-order valence-electron chi connectivity index (χ3n) is 4.83. The molecule has 0 aliphatic carbocycles. The van der Waals surface area contributed by atoms with Crippen molar-refractivity contribution in [2.75, 3.05) is 12.5 Å². The van der Waals surface area contributed by atoms with Crippen LogP contribution in [0.3, 0.4) is 0 Å². The summed E-state index contributed by atoms with van der Waals surface area (Å²) in [5.74, 6) is 0.704. The van der Waals surface area contributed by atoms with Crippen molar-refractivity contribution in [3.05, 3.63) is 108 Å². The number of nitrogens with one attached hydrogen (secondary N) is 1. The SMILES string of the molecule is COc1c(C)c(-c2ccccc2)nn1NC(c1ccccc1)c1ccccc1. The first-order chi connectivity index (χ1) is 13.8. The van der Waals surface area contributed by atoms with Gasteiger partial charge in [-0.25, -0.2) is 0 Å². The summed E-state index contributed by atoms with van der Waals surface area (Å²) in [6, 6.07) is 30.8. The Labute approximate surface area is 165 Å². The van der Waals surface area contributed by atoms with Crippen LogP contribution < -0.4 is 10.2 Å². The molecule has 4 heteroatoms. The van der Waals surface area contributed by atoms with Crippen LogP contribution in [0.4, 0.5) is 0 Å². The largest absolute Gasteiger partial charge is 0.480 e. The van der Waals surface area contributed by atoms with E-state index in [-0.39, 0.29) is 6.04 Å². The zero-order valence-corrected chi connectivity index (χ0v) is 16.0. The fourth-order valence-electron chi connectivity index (χ4n) is 3.43. The van der Waals surface area contributed by atoms with Gasteiger partial charge in [-0.1, -0.05) is 91.0 Å². The normalized spacial score (nSPS) is 10.8. The van der Waals surface area contributed by atoms with Crippen molar-refractivity contribution in [2.24, 2.45) is 0 Å². The Morgan fingerprint density at radius 1 is 0.786 bits per heavy atom. The minimum atomic E-state index is -0.0563. The zero-order valence-electron chi connectivity index (χ0n) is 16.0. The second-order valence-corrected chi connectivity index (χ2v) is 6.64. The minimum absolute atomic E-state index is 0.0563. The van der Waals surface area contributed by atoms with Gasteiger partial charge in [0.25, 0.3) is 0 Å². The molecule has 0 saturated heterocycles. The summed E-state index contributed by atoms with van der Waals surface area (Å²) in [5.41, 5.74) is 8.83. The van der Waals surface area contributed by atoms with Crippen LogP contribution in [-0.2, 0) is 0 Å². The second kappa shape index (κ2) is 8.01. The van der Waals surface area contributed by atoms with Crippen molar-refractivity contribution in [3.8, 4) is 17.1 Å². The molecule has 1 N–H and O–H groups in total. The number of nitrogens with zero attached hydrogens (tertiary/aromatic N) is 2. The van der Waals surface area contributed by atoms with Gasteiger partial charge in [-0.3, -0.25) is 5.43 Å². The van der Waals surface area contributed by atoms with Crippen LogP contribution in [0.15, 0.2) is 91.0 Å². The summed E-state index contributed by atoms with van der Waals surface area (Å²) >= 11 is 0. The van der Waals surface area contributed by atoms with Crippen molar-refractivity contribution in [2.45, 2.75) is 13.0 Å². The van der Waals surface area contributed by atoms with Gasteiger partial charge in [-0.05, 0) is 18.1 Å². The zero-order chi connectivity index (χ0) is 19.3. The number of aromatic nitrogens is 2. The molecule has 0 aliphatic rings. The summed E-state index contributed by atoms with van der Waals surface area (Å²) in [6.07, 6.45) is 0. The maximum atomic E-state index is 5.69. The average molecular weight is 369 g/mol. The molecule has 140 valence electrons. The molecular formula is C24H23N3O. The number of methoxy groups -OCH3 is 1. The first kappa shape index (κ1) is 17.9. The van der Waals surface area contributed by atoms with E-state index in [1.54, 1.807) is 11.9 Å². The number of rotatable bonds is 6. The van der Waals surface area contributed by atoms with Crippen LogP contribution in [0.1, 0.15) is 22.7 Å². The van der Waals surface area contributed by atoms with Crippen molar-refractivity contribution in [3.63, 3.8) is 0 Å². The van der Waals surface area contributed by atoms with E-state index < -0.39 is 0 Å². The molecule has 4 aromatic rings. The summed E-state index contributed by atoms with van der Waals surface area (Å²) in [7, 11) is 1.68. The third-order valence-corrected chi connectivity index (χ3v) is 4.83. The molecule has 1 aromatic heterocycles. The predicted molar refractivity (Wildman–Crippen MR) is 113 cm³/mol. The van der Waals surface area contributed by atoms with Gasteiger partial charge in [0, 0.05) is 11.1 Å². The summed E-state index contributed by atoms with van der Waals surface area (Å²) < 4.78 is 5.69. The van der Waals surface area contributed by atoms with Gasteiger partial charge in [0.15, 0.2) is 0 Å². The second-order valence-electron chi connectivity index (χ2n) is 6.64. The van der Waals surface area contributed by atoms with Crippen molar-refractivity contribution in [1.82, 2.24) is 9.89 Å². The molecule has 0 bridgehead atoms. The van der Waals surface area contributed by atoms with E-state index in [0.717, 1.165) is 27.9 Å². The highest BCUT2D eigenvalue weighted by Crippen LogP contribution is 2.31. The van der Waals surface area contributed by atoms with E-state index >= 15 is 0 Å². The number of benzene rings is 3. The minimum Gasteiger partial charge on any atom is -0.480 e. The fourth-order valence-corrected chi connectivity index (χ4v) is 3.43. The van der Waals surface area contributed by atoms with Crippen molar-refractivity contribution >= 4 is 0 Å². The molecule has 0 fully saturated rings. The maximum Gasteiger partial charge on any atom is 0.235 e. The van der Waals surface area contributed by atoms with Crippen molar-refractivity contribution < 1.29 is 4.74 Å². The highest BCUT2D eigenvalue weighted by atomic mass is 16.5. The van der Waals surface area contributed by atoms with Crippen molar-refractivity contribution in [1.29, 1.82) is 0 Å². The van der Waals surface area contributed by atoms with Gasteiger partial charge < -0.3 is 4.74 Å². The fraction of sp³-hybridized carbons (Fsp3) is 0.125. The Morgan fingerprint density at radius 2 is 1.29 bits per heavy atom. The van der Waals surface area contributed by atoms with Crippen LogP contribution in [0.5, 0.6) is 5.88 Å². The molecule has 0 spiro atoms. The van der Waals surface area contributed by atoms with Crippen LogP contribution in [0.2, 0.25) is 0 Å². The molecule has 0 saturated carbocycles. The number of ether oxygens (including phenoxy) is 1. The Hall–Kier alpha value is -3.53. The quantitative estimate of drug-likeness (QED) is 0.508. The number of hydrogen-bond acceptors (Lipinski definition) is 3. The summed E-state index contributed by atoms with van der Waals surface area (Å²) in [5, 5.41) is 4.82. The Morgan fingerprint density at radius 3 is 1.79 bits per heavy atom. The van der Waals surface area contributed by atoms with E-state index in [2.05, 4.69) is 41.8 Å². The lowest BCUT2D eigenvalue weighted by molar-refractivity contribution is 0.369. The van der Waals surface area contributed by atoms with E-state index in [1.165, 1.54) is 0 Å². The van der Waals surface area contributed by atoms with E-state index in [9.17, 15) is 0 Å². The molecule has 1 heterocycles. The van der Waals surface area contributed by atoms with Gasteiger partial charge >= 0.3 is 0 Å². The highest BCUT2D eigenvalue weighted by molar-refractivity contribution is 5.65. The van der Waals surface area contributed by atoms with Gasteiger partial charge in [-0.15, -0.1) is 9.89 Å². The molecule has 4 rings (SSSR count). The average Bonchev–Trinajstić information content (AvgIpc) is 3.09. The molecule has 0 unspecified atom stereocenters. The smallest absolute Gasteiger partial charge is 0.235 e. The number of hydrogen-bond donors (Lipinski definition) is 1. The lowest BCUT2D eigenvalue weighted by Gasteiger charge is -2.21. The topological polar surface area (TPSA) is 39.1 Å². The molecule has 0 aliphatic heterocycles. The van der Waals surface area contributed by atoms with Crippen LogP contribution in [-0.4, -0.2) is 17.0 Å². The lowest BCUT2D eigenvalue weighted by Crippen LogP contribution is -2.24. The Balaban J connectivity index is 1.77. The molecule has 0 amide bonds. The molecule has 0 radical (unpaired) electrons.